The fourth-order valence-electron chi connectivity index (χ4n) is 2.24. The number of anilines is 1. The van der Waals surface area contributed by atoms with Gasteiger partial charge in [-0.3, -0.25) is 9.78 Å². The van der Waals surface area contributed by atoms with Gasteiger partial charge in [0.05, 0.1) is 0 Å². The molecule has 1 aliphatic rings. The molecule has 20 heavy (non-hydrogen) atoms. The van der Waals surface area contributed by atoms with E-state index in [2.05, 4.69) is 19.7 Å². The fraction of sp³-hybridized carbons (Fsp3) is 0.385. The maximum absolute atomic E-state index is 12.3. The summed E-state index contributed by atoms with van der Waals surface area (Å²) < 4.78 is 4.14. The molecular weight excluding hydrogens is 274 g/mol. The first-order chi connectivity index (χ1) is 9.72. The van der Waals surface area contributed by atoms with Crippen LogP contribution in [0.4, 0.5) is 5.13 Å². The van der Waals surface area contributed by atoms with Crippen molar-refractivity contribution in [2.75, 3.05) is 18.4 Å². The highest BCUT2D eigenvalue weighted by atomic mass is 32.1. The molecule has 1 unspecified atom stereocenters. The lowest BCUT2D eigenvalue weighted by atomic mass is 10.3. The van der Waals surface area contributed by atoms with Crippen LogP contribution in [0.15, 0.2) is 24.4 Å². The second-order valence-electron chi connectivity index (χ2n) is 4.74. The highest BCUT2D eigenvalue weighted by molar-refractivity contribution is 7.09. The number of amides is 1. The summed E-state index contributed by atoms with van der Waals surface area (Å²) in [5, 5.41) is 4.15. The molecule has 0 radical (unpaired) electrons. The maximum atomic E-state index is 12.3. The molecule has 1 amide bonds. The van der Waals surface area contributed by atoms with Crippen LogP contribution in [0.5, 0.6) is 0 Å². The van der Waals surface area contributed by atoms with E-state index in [1.165, 1.54) is 11.5 Å². The van der Waals surface area contributed by atoms with Crippen molar-refractivity contribution < 1.29 is 4.79 Å². The number of likely N-dealkylation sites (tertiary alicyclic amines) is 1. The van der Waals surface area contributed by atoms with E-state index in [0.717, 1.165) is 23.9 Å². The van der Waals surface area contributed by atoms with Crippen LogP contribution in [-0.4, -0.2) is 44.3 Å². The van der Waals surface area contributed by atoms with E-state index in [9.17, 15) is 4.79 Å². The Balaban J connectivity index is 1.61. The molecule has 0 saturated carbocycles. The normalized spacial score (nSPS) is 18.2. The van der Waals surface area contributed by atoms with Crippen molar-refractivity contribution in [2.45, 2.75) is 19.4 Å². The summed E-state index contributed by atoms with van der Waals surface area (Å²) in [6, 6.07) is 5.62. The largest absolute Gasteiger partial charge is 0.356 e. The number of pyridine rings is 1. The molecule has 2 aromatic heterocycles. The van der Waals surface area contributed by atoms with Gasteiger partial charge in [-0.15, -0.1) is 0 Å². The van der Waals surface area contributed by atoms with Crippen molar-refractivity contribution in [1.29, 1.82) is 0 Å². The zero-order valence-corrected chi connectivity index (χ0v) is 11.9. The summed E-state index contributed by atoms with van der Waals surface area (Å²) in [5.41, 5.74) is 0.500. The highest BCUT2D eigenvalue weighted by Gasteiger charge is 2.27. The number of carbonyl (C=O) groups excluding carboxylic acids is 1. The van der Waals surface area contributed by atoms with Gasteiger partial charge in [-0.2, -0.15) is 4.37 Å². The molecule has 0 aliphatic carbocycles. The lowest BCUT2D eigenvalue weighted by molar-refractivity contribution is 0.0786. The van der Waals surface area contributed by atoms with Gasteiger partial charge in [0.2, 0.25) is 5.13 Å². The van der Waals surface area contributed by atoms with Crippen molar-refractivity contribution in [1.82, 2.24) is 19.2 Å². The monoisotopic (exact) mass is 289 g/mol. The summed E-state index contributed by atoms with van der Waals surface area (Å²) in [5.74, 6) is 0.764. The lowest BCUT2D eigenvalue weighted by Gasteiger charge is -2.16. The molecule has 0 bridgehead atoms. The minimum Gasteiger partial charge on any atom is -0.356 e. The van der Waals surface area contributed by atoms with Gasteiger partial charge in [0, 0.05) is 36.9 Å². The molecule has 1 saturated heterocycles. The van der Waals surface area contributed by atoms with Crippen LogP contribution in [0.25, 0.3) is 0 Å². The number of rotatable bonds is 3. The number of carbonyl (C=O) groups is 1. The van der Waals surface area contributed by atoms with Crippen LogP contribution in [0.1, 0.15) is 22.7 Å². The van der Waals surface area contributed by atoms with Gasteiger partial charge < -0.3 is 10.2 Å². The first-order valence-electron chi connectivity index (χ1n) is 6.49. The quantitative estimate of drug-likeness (QED) is 0.928. The number of aryl methyl sites for hydroxylation is 1. The van der Waals surface area contributed by atoms with E-state index in [0.29, 0.717) is 12.2 Å². The predicted molar refractivity (Wildman–Crippen MR) is 76.8 cm³/mol. The topological polar surface area (TPSA) is 71.0 Å². The van der Waals surface area contributed by atoms with E-state index in [1.807, 2.05) is 24.0 Å². The Labute approximate surface area is 121 Å². The summed E-state index contributed by atoms with van der Waals surface area (Å²) in [7, 11) is 0. The van der Waals surface area contributed by atoms with Crippen molar-refractivity contribution in [2.24, 2.45) is 0 Å². The zero-order valence-electron chi connectivity index (χ0n) is 11.1. The fourth-order valence-corrected chi connectivity index (χ4v) is 2.90. The van der Waals surface area contributed by atoms with E-state index < -0.39 is 0 Å². The first kappa shape index (κ1) is 13.0. The summed E-state index contributed by atoms with van der Waals surface area (Å²) in [4.78, 5) is 22.5. The Morgan fingerprint density at radius 3 is 3.10 bits per heavy atom. The second kappa shape index (κ2) is 5.54. The van der Waals surface area contributed by atoms with Gasteiger partial charge in [-0.1, -0.05) is 6.07 Å². The van der Waals surface area contributed by atoms with Crippen molar-refractivity contribution in [3.63, 3.8) is 0 Å². The second-order valence-corrected chi connectivity index (χ2v) is 5.49. The van der Waals surface area contributed by atoms with Gasteiger partial charge in [0.1, 0.15) is 11.5 Å². The summed E-state index contributed by atoms with van der Waals surface area (Å²) in [6.07, 6.45) is 2.56. The standard InChI is InChI=1S/C13H15N5OS/c1-9-15-13(20-17-9)16-10-5-7-18(8-10)12(19)11-4-2-3-6-14-11/h2-4,6,10H,5,7-8H2,1H3,(H,15,16,17). The molecule has 7 heteroatoms. The van der Waals surface area contributed by atoms with E-state index in [4.69, 9.17) is 0 Å². The van der Waals surface area contributed by atoms with Gasteiger partial charge in [0.25, 0.3) is 5.91 Å². The number of hydrogen-bond acceptors (Lipinski definition) is 6. The van der Waals surface area contributed by atoms with Gasteiger partial charge >= 0.3 is 0 Å². The van der Waals surface area contributed by atoms with E-state index >= 15 is 0 Å². The van der Waals surface area contributed by atoms with Crippen LogP contribution in [0, 0.1) is 6.92 Å². The van der Waals surface area contributed by atoms with Crippen LogP contribution >= 0.6 is 11.5 Å². The molecule has 3 rings (SSSR count). The van der Waals surface area contributed by atoms with Gasteiger partial charge in [-0.05, 0) is 25.5 Å². The van der Waals surface area contributed by atoms with E-state index in [-0.39, 0.29) is 11.9 Å². The van der Waals surface area contributed by atoms with Crippen molar-refractivity contribution in [3.05, 3.63) is 35.9 Å². The predicted octanol–water partition coefficient (Wildman–Crippen LogP) is 1.57. The van der Waals surface area contributed by atoms with Crippen molar-refractivity contribution >= 4 is 22.6 Å². The zero-order chi connectivity index (χ0) is 13.9. The minimum atomic E-state index is -0.0108. The average Bonchev–Trinajstić information content (AvgIpc) is 3.09. The minimum absolute atomic E-state index is 0.0108. The van der Waals surface area contributed by atoms with Crippen LogP contribution < -0.4 is 5.32 Å². The van der Waals surface area contributed by atoms with Crippen LogP contribution in [-0.2, 0) is 0 Å². The third-order valence-electron chi connectivity index (χ3n) is 3.21. The molecule has 1 N–H and O–H groups in total. The maximum Gasteiger partial charge on any atom is 0.272 e. The molecule has 1 atom stereocenters. The molecule has 104 valence electrons. The number of aromatic nitrogens is 3. The average molecular weight is 289 g/mol. The first-order valence-corrected chi connectivity index (χ1v) is 7.27. The molecule has 3 heterocycles. The third kappa shape index (κ3) is 2.77. The number of nitrogens with zero attached hydrogens (tertiary/aromatic N) is 4. The Hall–Kier alpha value is -2.02. The van der Waals surface area contributed by atoms with Crippen LogP contribution in [0.2, 0.25) is 0 Å². The molecular formula is C13H15N5OS. The molecule has 1 aliphatic heterocycles. The van der Waals surface area contributed by atoms with Crippen molar-refractivity contribution in [3.8, 4) is 0 Å². The Kier molecular flexibility index (Phi) is 3.60. The molecule has 1 fully saturated rings. The SMILES string of the molecule is Cc1nsc(NC2CCN(C(=O)c3ccccn3)C2)n1. The summed E-state index contributed by atoms with van der Waals surface area (Å²) >= 11 is 1.35. The lowest BCUT2D eigenvalue weighted by Crippen LogP contribution is -2.32. The highest BCUT2D eigenvalue weighted by Crippen LogP contribution is 2.18. The van der Waals surface area contributed by atoms with Gasteiger partial charge in [0.15, 0.2) is 0 Å². The molecule has 2 aromatic rings. The number of hydrogen-bond donors (Lipinski definition) is 1. The molecule has 6 nitrogen and oxygen atoms in total. The molecule has 0 aromatic carbocycles. The Morgan fingerprint density at radius 1 is 1.50 bits per heavy atom. The Bertz CT molecular complexity index is 600. The summed E-state index contributed by atoms with van der Waals surface area (Å²) in [6.45, 7) is 3.28. The van der Waals surface area contributed by atoms with Gasteiger partial charge in [-0.25, -0.2) is 4.98 Å². The Morgan fingerprint density at radius 2 is 2.40 bits per heavy atom. The smallest absolute Gasteiger partial charge is 0.272 e. The van der Waals surface area contributed by atoms with E-state index in [1.54, 1.807) is 12.3 Å². The third-order valence-corrected chi connectivity index (χ3v) is 3.95. The number of nitrogens with one attached hydrogen (secondary N) is 1. The van der Waals surface area contributed by atoms with Crippen LogP contribution in [0.3, 0.4) is 0 Å². The molecule has 0 spiro atoms.